The van der Waals surface area contributed by atoms with Gasteiger partial charge in [0, 0.05) is 12.6 Å². The molecule has 0 saturated carbocycles. The Bertz CT molecular complexity index is 242. The van der Waals surface area contributed by atoms with Gasteiger partial charge in [0.25, 0.3) is 0 Å². The third-order valence-electron chi connectivity index (χ3n) is 5.16. The van der Waals surface area contributed by atoms with Crippen LogP contribution in [0.1, 0.15) is 38.5 Å². The fourth-order valence-electron chi connectivity index (χ4n) is 3.97. The molecule has 1 N–H and O–H groups in total. The molecule has 4 fully saturated rings. The average Bonchev–Trinajstić information content (AvgIpc) is 2.46. The van der Waals surface area contributed by atoms with Crippen molar-refractivity contribution in [2.45, 2.75) is 44.6 Å². The van der Waals surface area contributed by atoms with Gasteiger partial charge in [-0.05, 0) is 77.3 Å². The summed E-state index contributed by atoms with van der Waals surface area (Å²) in [7, 11) is 0. The molecule has 3 nitrogen and oxygen atoms in total. The highest BCUT2D eigenvalue weighted by Gasteiger charge is 2.33. The molecule has 4 saturated heterocycles. The number of hydrogen-bond acceptors (Lipinski definition) is 3. The minimum absolute atomic E-state index is 0.800. The van der Waals surface area contributed by atoms with Crippen LogP contribution in [-0.2, 0) is 0 Å². The molecule has 4 rings (SSSR count). The Kier molecular flexibility index (Phi) is 4.55. The minimum atomic E-state index is 0.800. The molecular weight excluding hydrogens is 222 g/mol. The van der Waals surface area contributed by atoms with Crippen molar-refractivity contribution in [3.63, 3.8) is 0 Å². The second-order valence-corrected chi connectivity index (χ2v) is 6.45. The van der Waals surface area contributed by atoms with Crippen molar-refractivity contribution >= 4 is 0 Å². The zero-order valence-electron chi connectivity index (χ0n) is 11.7. The molecule has 18 heavy (non-hydrogen) atoms. The summed E-state index contributed by atoms with van der Waals surface area (Å²) in [6.07, 6.45) is 8.51. The van der Waals surface area contributed by atoms with Crippen LogP contribution in [0.25, 0.3) is 0 Å². The van der Waals surface area contributed by atoms with Gasteiger partial charge in [-0.3, -0.25) is 0 Å². The molecule has 2 bridgehead atoms. The van der Waals surface area contributed by atoms with Gasteiger partial charge in [-0.15, -0.1) is 0 Å². The van der Waals surface area contributed by atoms with E-state index < -0.39 is 0 Å². The van der Waals surface area contributed by atoms with Gasteiger partial charge in [-0.2, -0.15) is 0 Å². The highest BCUT2D eigenvalue weighted by atomic mass is 15.2. The number of likely N-dealkylation sites (tertiary alicyclic amines) is 1. The Morgan fingerprint density at radius 1 is 0.944 bits per heavy atom. The van der Waals surface area contributed by atoms with E-state index >= 15 is 0 Å². The summed E-state index contributed by atoms with van der Waals surface area (Å²) in [4.78, 5) is 5.30. The molecule has 3 heteroatoms. The van der Waals surface area contributed by atoms with Crippen molar-refractivity contribution in [2.75, 3.05) is 45.8 Å². The fraction of sp³-hybridized carbons (Fsp3) is 1.00. The van der Waals surface area contributed by atoms with Gasteiger partial charge in [-0.25, -0.2) is 0 Å². The van der Waals surface area contributed by atoms with Crippen LogP contribution in [0, 0.1) is 5.92 Å². The van der Waals surface area contributed by atoms with Crippen LogP contribution in [0.15, 0.2) is 0 Å². The van der Waals surface area contributed by atoms with Crippen molar-refractivity contribution in [1.29, 1.82) is 0 Å². The van der Waals surface area contributed by atoms with Gasteiger partial charge in [0.2, 0.25) is 0 Å². The maximum atomic E-state index is 3.82. The lowest BCUT2D eigenvalue weighted by Crippen LogP contribution is -2.56. The SMILES string of the molecule is C1CCN(CCCNC2CN3CCC2CC3)CC1. The van der Waals surface area contributed by atoms with Crippen molar-refractivity contribution in [3.8, 4) is 0 Å². The summed E-state index contributed by atoms with van der Waals surface area (Å²) in [6.45, 7) is 9.26. The molecule has 1 unspecified atom stereocenters. The molecule has 4 aliphatic heterocycles. The first-order valence-corrected chi connectivity index (χ1v) is 8.10. The average molecular weight is 251 g/mol. The third kappa shape index (κ3) is 3.25. The second kappa shape index (κ2) is 6.36. The van der Waals surface area contributed by atoms with E-state index in [9.17, 15) is 0 Å². The predicted molar refractivity (Wildman–Crippen MR) is 75.9 cm³/mol. The number of nitrogens with zero attached hydrogens (tertiary/aromatic N) is 2. The van der Waals surface area contributed by atoms with Crippen LogP contribution < -0.4 is 5.32 Å². The lowest BCUT2D eigenvalue weighted by molar-refractivity contribution is 0.0722. The van der Waals surface area contributed by atoms with Crippen molar-refractivity contribution in [1.82, 2.24) is 15.1 Å². The van der Waals surface area contributed by atoms with E-state index in [2.05, 4.69) is 15.1 Å². The standard InChI is InChI=1S/C15H29N3/c1-2-8-17(9-3-1)10-4-7-16-15-13-18-11-5-14(15)6-12-18/h14-16H,1-13H2. The quantitative estimate of drug-likeness (QED) is 0.748. The number of piperidine rings is 4. The smallest absolute Gasteiger partial charge is 0.0224 e. The molecule has 4 aliphatic rings. The summed E-state index contributed by atoms with van der Waals surface area (Å²) in [5, 5.41) is 3.82. The van der Waals surface area contributed by atoms with E-state index in [4.69, 9.17) is 0 Å². The Balaban J connectivity index is 1.30. The van der Waals surface area contributed by atoms with Crippen LogP contribution >= 0.6 is 0 Å². The number of hydrogen-bond donors (Lipinski definition) is 1. The van der Waals surface area contributed by atoms with Gasteiger partial charge in [-0.1, -0.05) is 6.42 Å². The highest BCUT2D eigenvalue weighted by molar-refractivity contribution is 4.90. The molecule has 0 amide bonds. The lowest BCUT2D eigenvalue weighted by atomic mass is 9.84. The number of nitrogens with one attached hydrogen (secondary N) is 1. The summed E-state index contributed by atoms with van der Waals surface area (Å²) in [5.41, 5.74) is 0. The van der Waals surface area contributed by atoms with E-state index in [1.54, 1.807) is 0 Å². The monoisotopic (exact) mass is 251 g/mol. The second-order valence-electron chi connectivity index (χ2n) is 6.45. The first kappa shape index (κ1) is 12.9. The van der Waals surface area contributed by atoms with E-state index in [1.807, 2.05) is 0 Å². The molecule has 0 aromatic rings. The molecule has 0 radical (unpaired) electrons. The van der Waals surface area contributed by atoms with Crippen LogP contribution in [0.4, 0.5) is 0 Å². The van der Waals surface area contributed by atoms with Crippen LogP contribution in [0.3, 0.4) is 0 Å². The van der Waals surface area contributed by atoms with E-state index in [1.165, 1.54) is 84.3 Å². The summed E-state index contributed by atoms with van der Waals surface area (Å²) in [6, 6.07) is 0.800. The van der Waals surface area contributed by atoms with E-state index in [-0.39, 0.29) is 0 Å². The molecule has 0 aliphatic carbocycles. The Hall–Kier alpha value is -0.120. The van der Waals surface area contributed by atoms with Crippen LogP contribution in [0.2, 0.25) is 0 Å². The van der Waals surface area contributed by atoms with Gasteiger partial charge >= 0.3 is 0 Å². The predicted octanol–water partition coefficient (Wildman–Crippen LogP) is 1.55. The normalized spacial score (nSPS) is 37.0. The Morgan fingerprint density at radius 3 is 2.39 bits per heavy atom. The molecule has 1 atom stereocenters. The summed E-state index contributed by atoms with van der Waals surface area (Å²) >= 11 is 0. The molecule has 104 valence electrons. The van der Waals surface area contributed by atoms with E-state index in [0.717, 1.165) is 12.0 Å². The molecule has 0 aromatic carbocycles. The molecular formula is C15H29N3. The van der Waals surface area contributed by atoms with Gasteiger partial charge in [0.05, 0.1) is 0 Å². The first-order chi connectivity index (χ1) is 8.92. The van der Waals surface area contributed by atoms with Gasteiger partial charge in [0.1, 0.15) is 0 Å². The van der Waals surface area contributed by atoms with Crippen molar-refractivity contribution in [2.24, 2.45) is 5.92 Å². The topological polar surface area (TPSA) is 18.5 Å². The molecule has 0 spiro atoms. The largest absolute Gasteiger partial charge is 0.312 e. The maximum Gasteiger partial charge on any atom is 0.0224 e. The molecule has 4 heterocycles. The first-order valence-electron chi connectivity index (χ1n) is 8.10. The van der Waals surface area contributed by atoms with Crippen molar-refractivity contribution < 1.29 is 0 Å². The number of rotatable bonds is 5. The van der Waals surface area contributed by atoms with E-state index in [0.29, 0.717) is 0 Å². The highest BCUT2D eigenvalue weighted by Crippen LogP contribution is 2.27. The Morgan fingerprint density at radius 2 is 1.72 bits per heavy atom. The van der Waals surface area contributed by atoms with Crippen LogP contribution in [0.5, 0.6) is 0 Å². The third-order valence-corrected chi connectivity index (χ3v) is 5.16. The van der Waals surface area contributed by atoms with Crippen LogP contribution in [-0.4, -0.2) is 61.7 Å². The molecule has 0 aromatic heterocycles. The zero-order chi connectivity index (χ0) is 12.2. The summed E-state index contributed by atoms with van der Waals surface area (Å²) < 4.78 is 0. The maximum absolute atomic E-state index is 3.82. The van der Waals surface area contributed by atoms with Gasteiger partial charge in [0.15, 0.2) is 0 Å². The number of fused-ring (bicyclic) bond motifs is 3. The van der Waals surface area contributed by atoms with Gasteiger partial charge < -0.3 is 15.1 Å². The summed E-state index contributed by atoms with van der Waals surface area (Å²) in [5.74, 6) is 0.977. The minimum Gasteiger partial charge on any atom is -0.312 e. The fourth-order valence-corrected chi connectivity index (χ4v) is 3.97. The van der Waals surface area contributed by atoms with Crippen molar-refractivity contribution in [3.05, 3.63) is 0 Å². The Labute approximate surface area is 112 Å². The zero-order valence-corrected chi connectivity index (χ0v) is 11.7. The lowest BCUT2D eigenvalue weighted by Gasteiger charge is -2.45.